The van der Waals surface area contributed by atoms with Crippen LogP contribution in [-0.4, -0.2) is 25.7 Å². The molecule has 3 aromatic rings. The van der Waals surface area contributed by atoms with Gasteiger partial charge in [0.05, 0.1) is 0 Å². The lowest BCUT2D eigenvalue weighted by Crippen LogP contribution is -2.14. The molecule has 0 saturated heterocycles. The molecule has 0 atom stereocenters. The van der Waals surface area contributed by atoms with Gasteiger partial charge in [-0.15, -0.1) is 10.2 Å². The van der Waals surface area contributed by atoms with Crippen LogP contribution in [0.4, 0.5) is 5.69 Å². The number of amides is 1. The molecule has 3 rings (SSSR count). The summed E-state index contributed by atoms with van der Waals surface area (Å²) in [5.41, 5.74) is 2.46. The molecule has 0 bridgehead atoms. The number of carbonyl (C=O) groups excluding carboxylic acids is 1. The maximum absolute atomic E-state index is 12.4. The van der Waals surface area contributed by atoms with Crippen molar-refractivity contribution >= 4 is 11.6 Å². The summed E-state index contributed by atoms with van der Waals surface area (Å²) in [6.45, 7) is 2.06. The van der Waals surface area contributed by atoms with Crippen LogP contribution >= 0.6 is 0 Å². The Morgan fingerprint density at radius 3 is 2.73 bits per heavy atom. The Balaban J connectivity index is 1.85. The van der Waals surface area contributed by atoms with Crippen LogP contribution < -0.4 is 5.32 Å². The van der Waals surface area contributed by atoms with Crippen LogP contribution in [0, 0.1) is 0 Å². The van der Waals surface area contributed by atoms with E-state index < -0.39 is 0 Å². The molecule has 6 heteroatoms. The van der Waals surface area contributed by atoms with Crippen LogP contribution in [0.25, 0.3) is 5.82 Å². The molecule has 0 fully saturated rings. The van der Waals surface area contributed by atoms with Crippen LogP contribution in [-0.2, 0) is 6.42 Å². The summed E-state index contributed by atoms with van der Waals surface area (Å²) in [7, 11) is 0. The summed E-state index contributed by atoms with van der Waals surface area (Å²) < 4.78 is 1.65. The van der Waals surface area contributed by atoms with E-state index in [1.165, 1.54) is 12.7 Å². The van der Waals surface area contributed by atoms with Crippen molar-refractivity contribution in [3.05, 3.63) is 66.4 Å². The summed E-state index contributed by atoms with van der Waals surface area (Å²) in [6.07, 6.45) is 5.53. The average Bonchev–Trinajstić information content (AvgIpc) is 3.10. The van der Waals surface area contributed by atoms with Crippen molar-refractivity contribution in [3.63, 3.8) is 0 Å². The van der Waals surface area contributed by atoms with Gasteiger partial charge in [0.25, 0.3) is 5.91 Å². The molecule has 6 nitrogen and oxygen atoms in total. The number of anilines is 1. The number of pyridine rings is 1. The lowest BCUT2D eigenvalue weighted by atomic mass is 10.1. The first kappa shape index (κ1) is 13.9. The molecule has 0 radical (unpaired) electrons. The first-order chi connectivity index (χ1) is 10.8. The molecule has 0 aliphatic rings. The van der Waals surface area contributed by atoms with E-state index in [9.17, 15) is 4.79 Å². The third-order valence-corrected chi connectivity index (χ3v) is 3.34. The zero-order chi connectivity index (χ0) is 15.4. The summed E-state index contributed by atoms with van der Waals surface area (Å²) >= 11 is 0. The Hall–Kier alpha value is -3.02. The molecule has 22 heavy (non-hydrogen) atoms. The van der Waals surface area contributed by atoms with E-state index in [1.54, 1.807) is 22.9 Å². The van der Waals surface area contributed by atoms with Crippen LogP contribution in [0.5, 0.6) is 0 Å². The van der Waals surface area contributed by atoms with Gasteiger partial charge in [-0.3, -0.25) is 9.36 Å². The van der Waals surface area contributed by atoms with Crippen molar-refractivity contribution in [2.24, 2.45) is 0 Å². The Morgan fingerprint density at radius 1 is 1.18 bits per heavy atom. The van der Waals surface area contributed by atoms with Gasteiger partial charge >= 0.3 is 0 Å². The van der Waals surface area contributed by atoms with E-state index in [-0.39, 0.29) is 5.91 Å². The van der Waals surface area contributed by atoms with Crippen molar-refractivity contribution in [2.45, 2.75) is 13.3 Å². The highest BCUT2D eigenvalue weighted by molar-refractivity contribution is 6.04. The Labute approximate surface area is 127 Å². The molecule has 0 aliphatic heterocycles. The topological polar surface area (TPSA) is 72.7 Å². The summed E-state index contributed by atoms with van der Waals surface area (Å²) in [4.78, 5) is 16.6. The molecule has 0 unspecified atom stereocenters. The number of carbonyl (C=O) groups is 1. The number of nitrogens with one attached hydrogen (secondary N) is 1. The predicted molar refractivity (Wildman–Crippen MR) is 82.9 cm³/mol. The molecular formula is C16H15N5O. The Kier molecular flexibility index (Phi) is 3.91. The van der Waals surface area contributed by atoms with Gasteiger partial charge in [-0.25, -0.2) is 4.98 Å². The number of hydrogen-bond donors (Lipinski definition) is 1. The van der Waals surface area contributed by atoms with Gasteiger partial charge < -0.3 is 5.32 Å². The highest BCUT2D eigenvalue weighted by atomic mass is 16.1. The largest absolute Gasteiger partial charge is 0.322 e. The molecular weight excluding hydrogens is 278 g/mol. The molecule has 0 aliphatic carbocycles. The van der Waals surface area contributed by atoms with Crippen molar-refractivity contribution in [1.29, 1.82) is 0 Å². The van der Waals surface area contributed by atoms with Gasteiger partial charge in [-0.05, 0) is 30.2 Å². The molecule has 1 amide bonds. The van der Waals surface area contributed by atoms with E-state index >= 15 is 0 Å². The molecule has 1 aromatic carbocycles. The van der Waals surface area contributed by atoms with Crippen molar-refractivity contribution < 1.29 is 4.79 Å². The normalized spacial score (nSPS) is 10.4. The number of hydrogen-bond acceptors (Lipinski definition) is 4. The number of rotatable bonds is 4. The number of aryl methyl sites for hydroxylation is 1. The molecule has 2 aromatic heterocycles. The highest BCUT2D eigenvalue weighted by Crippen LogP contribution is 2.17. The molecule has 110 valence electrons. The maximum Gasteiger partial charge on any atom is 0.255 e. The summed E-state index contributed by atoms with van der Waals surface area (Å²) in [5.74, 6) is 0.430. The zero-order valence-corrected chi connectivity index (χ0v) is 12.1. The average molecular weight is 293 g/mol. The van der Waals surface area contributed by atoms with Gasteiger partial charge in [0.15, 0.2) is 0 Å². The van der Waals surface area contributed by atoms with Gasteiger partial charge in [0.1, 0.15) is 18.5 Å². The van der Waals surface area contributed by atoms with Gasteiger partial charge in [0.2, 0.25) is 0 Å². The predicted octanol–water partition coefficient (Wildman–Crippen LogP) is 2.48. The van der Waals surface area contributed by atoms with Crippen molar-refractivity contribution in [3.8, 4) is 5.82 Å². The Morgan fingerprint density at radius 2 is 1.95 bits per heavy atom. The van der Waals surface area contributed by atoms with E-state index in [2.05, 4.69) is 27.4 Å². The Bertz CT molecular complexity index is 783. The second kappa shape index (κ2) is 6.17. The number of para-hydroxylation sites is 1. The molecule has 2 heterocycles. The van der Waals surface area contributed by atoms with Gasteiger partial charge in [0, 0.05) is 17.4 Å². The fourth-order valence-corrected chi connectivity index (χ4v) is 2.16. The monoisotopic (exact) mass is 293 g/mol. The smallest absolute Gasteiger partial charge is 0.255 e. The van der Waals surface area contributed by atoms with Gasteiger partial charge in [-0.2, -0.15) is 0 Å². The number of nitrogens with zero attached hydrogens (tertiary/aromatic N) is 4. The fraction of sp³-hybridized carbons (Fsp3) is 0.125. The minimum atomic E-state index is -0.169. The second-order valence-electron chi connectivity index (χ2n) is 4.74. The summed E-state index contributed by atoms with van der Waals surface area (Å²) in [6, 6.07) is 11.2. The number of aromatic nitrogens is 4. The van der Waals surface area contributed by atoms with Crippen LogP contribution in [0.15, 0.2) is 55.2 Å². The van der Waals surface area contributed by atoms with Crippen LogP contribution in [0.2, 0.25) is 0 Å². The third-order valence-electron chi connectivity index (χ3n) is 3.34. The quantitative estimate of drug-likeness (QED) is 0.802. The van der Waals surface area contributed by atoms with E-state index in [4.69, 9.17) is 0 Å². The van der Waals surface area contributed by atoms with Gasteiger partial charge in [-0.1, -0.05) is 25.1 Å². The van der Waals surface area contributed by atoms with Crippen LogP contribution in [0.1, 0.15) is 22.8 Å². The van der Waals surface area contributed by atoms with Crippen molar-refractivity contribution in [2.75, 3.05) is 5.32 Å². The molecule has 1 N–H and O–H groups in total. The second-order valence-corrected chi connectivity index (χ2v) is 4.74. The first-order valence-corrected chi connectivity index (χ1v) is 6.98. The summed E-state index contributed by atoms with van der Waals surface area (Å²) in [5, 5.41) is 10.4. The number of benzene rings is 1. The minimum absolute atomic E-state index is 0.169. The third kappa shape index (κ3) is 2.85. The zero-order valence-electron chi connectivity index (χ0n) is 12.1. The SMILES string of the molecule is CCc1ccccc1NC(=O)c1ccnc(-n2cnnc2)c1. The van der Waals surface area contributed by atoms with E-state index in [1.807, 2.05) is 24.3 Å². The van der Waals surface area contributed by atoms with E-state index in [0.717, 1.165) is 17.7 Å². The standard InChI is InChI=1S/C16H15N5O/c1-2-12-5-3-4-6-14(12)20-16(22)13-7-8-17-15(9-13)21-10-18-19-11-21/h3-11H,2H2,1H3,(H,20,22). The highest BCUT2D eigenvalue weighted by Gasteiger charge is 2.10. The maximum atomic E-state index is 12.4. The first-order valence-electron chi connectivity index (χ1n) is 6.98. The minimum Gasteiger partial charge on any atom is -0.322 e. The molecule has 0 spiro atoms. The molecule has 0 saturated carbocycles. The fourth-order valence-electron chi connectivity index (χ4n) is 2.16. The lowest BCUT2D eigenvalue weighted by molar-refractivity contribution is 0.102. The van der Waals surface area contributed by atoms with E-state index in [0.29, 0.717) is 11.4 Å². The van der Waals surface area contributed by atoms with Crippen LogP contribution in [0.3, 0.4) is 0 Å². The van der Waals surface area contributed by atoms with Crippen molar-refractivity contribution in [1.82, 2.24) is 19.7 Å². The lowest BCUT2D eigenvalue weighted by Gasteiger charge is -2.10.